The molecule has 0 aliphatic heterocycles. The first-order chi connectivity index (χ1) is 13.8. The molecule has 3 aromatic rings. The quantitative estimate of drug-likeness (QED) is 0.447. The van der Waals surface area contributed by atoms with Gasteiger partial charge < -0.3 is 9.52 Å². The summed E-state index contributed by atoms with van der Waals surface area (Å²) < 4.78 is 5.62. The summed E-state index contributed by atoms with van der Waals surface area (Å²) in [6, 6.07) is 12.1. The Morgan fingerprint density at radius 3 is 2.38 bits per heavy atom. The number of terminal acetylenes is 1. The molecule has 0 unspecified atom stereocenters. The maximum atomic E-state index is 12.8. The van der Waals surface area contributed by atoms with Gasteiger partial charge >= 0.3 is 5.63 Å². The van der Waals surface area contributed by atoms with E-state index in [9.17, 15) is 9.90 Å². The van der Waals surface area contributed by atoms with Gasteiger partial charge in [-0.3, -0.25) is 0 Å². The summed E-state index contributed by atoms with van der Waals surface area (Å²) in [5.74, 6) is 3.81. The van der Waals surface area contributed by atoms with Crippen LogP contribution in [0.25, 0.3) is 11.1 Å². The third-order valence-corrected chi connectivity index (χ3v) is 5.95. The monoisotopic (exact) mass is 404 g/mol. The second-order valence-corrected chi connectivity index (χ2v) is 8.39. The predicted molar refractivity (Wildman–Crippen MR) is 120 cm³/mol. The molecular formula is C25H24O3S. The number of hydrogen-bond acceptors (Lipinski definition) is 4. The van der Waals surface area contributed by atoms with E-state index in [0.29, 0.717) is 28.9 Å². The molecular weight excluding hydrogens is 380 g/mol. The molecule has 0 spiro atoms. The Balaban J connectivity index is 1.93. The van der Waals surface area contributed by atoms with Crippen LogP contribution in [0.3, 0.4) is 0 Å². The van der Waals surface area contributed by atoms with Gasteiger partial charge in [0.05, 0.1) is 0 Å². The minimum absolute atomic E-state index is 0.0555. The van der Waals surface area contributed by atoms with Gasteiger partial charge in [-0.05, 0) is 57.0 Å². The number of hydrogen-bond donors (Lipinski definition) is 1. The number of aryl methyl sites for hydroxylation is 4. The van der Waals surface area contributed by atoms with Crippen LogP contribution in [0.2, 0.25) is 0 Å². The van der Waals surface area contributed by atoms with Crippen LogP contribution in [0.1, 0.15) is 33.6 Å². The first kappa shape index (κ1) is 20.8. The number of rotatable bonds is 5. The van der Waals surface area contributed by atoms with Crippen molar-refractivity contribution < 1.29 is 9.52 Å². The van der Waals surface area contributed by atoms with Crippen molar-refractivity contribution in [3.05, 3.63) is 80.4 Å². The van der Waals surface area contributed by atoms with Gasteiger partial charge in [0.25, 0.3) is 0 Å². The number of thioether (sulfide) groups is 1. The highest BCUT2D eigenvalue weighted by molar-refractivity contribution is 7.99. The highest BCUT2D eigenvalue weighted by Gasteiger charge is 2.21. The molecule has 3 nitrogen and oxygen atoms in total. The molecule has 0 atom stereocenters. The highest BCUT2D eigenvalue weighted by atomic mass is 32.2. The van der Waals surface area contributed by atoms with Crippen molar-refractivity contribution in [1.29, 1.82) is 0 Å². The Bertz CT molecular complexity index is 1150. The fourth-order valence-electron chi connectivity index (χ4n) is 3.42. The number of aromatic hydroxyl groups is 1. The normalized spacial score (nSPS) is 10.7. The average molecular weight is 405 g/mol. The molecule has 0 fully saturated rings. The molecule has 0 amide bonds. The van der Waals surface area contributed by atoms with Crippen molar-refractivity contribution >= 4 is 11.8 Å². The zero-order valence-electron chi connectivity index (χ0n) is 17.1. The van der Waals surface area contributed by atoms with Crippen molar-refractivity contribution in [2.75, 3.05) is 5.75 Å². The SMILES string of the molecule is C#Cc1cc(C)cc(C)c1-c1c(O)c(C)c(CCSc2ccc(C)cc2)oc1=O. The van der Waals surface area contributed by atoms with E-state index in [0.717, 1.165) is 21.8 Å². The smallest absolute Gasteiger partial charge is 0.347 e. The lowest BCUT2D eigenvalue weighted by Crippen LogP contribution is -2.10. The van der Waals surface area contributed by atoms with E-state index in [-0.39, 0.29) is 11.3 Å². The summed E-state index contributed by atoms with van der Waals surface area (Å²) in [5.41, 5.74) is 4.35. The zero-order valence-corrected chi connectivity index (χ0v) is 17.9. The Hall–Kier alpha value is -2.90. The van der Waals surface area contributed by atoms with Crippen molar-refractivity contribution in [3.63, 3.8) is 0 Å². The maximum Gasteiger partial charge on any atom is 0.347 e. The highest BCUT2D eigenvalue weighted by Crippen LogP contribution is 2.35. The lowest BCUT2D eigenvalue weighted by molar-refractivity contribution is 0.423. The predicted octanol–water partition coefficient (Wildman–Crippen LogP) is 5.56. The third-order valence-electron chi connectivity index (χ3n) is 4.93. The molecule has 3 rings (SSSR count). The lowest BCUT2D eigenvalue weighted by atomic mass is 9.92. The van der Waals surface area contributed by atoms with Crippen molar-refractivity contribution in [2.24, 2.45) is 0 Å². The van der Waals surface area contributed by atoms with Gasteiger partial charge in [-0.25, -0.2) is 4.79 Å². The minimum atomic E-state index is -0.563. The molecule has 0 aliphatic carbocycles. The minimum Gasteiger partial charge on any atom is -0.507 e. The van der Waals surface area contributed by atoms with Gasteiger partial charge in [0.15, 0.2) is 0 Å². The van der Waals surface area contributed by atoms with Gasteiger partial charge in [-0.1, -0.05) is 29.7 Å². The van der Waals surface area contributed by atoms with E-state index in [1.54, 1.807) is 18.7 Å². The summed E-state index contributed by atoms with van der Waals surface area (Å²) in [5, 5.41) is 10.8. The second-order valence-electron chi connectivity index (χ2n) is 7.22. The summed E-state index contributed by atoms with van der Waals surface area (Å²) in [6.07, 6.45) is 6.20. The molecule has 0 saturated heterocycles. The standard InChI is InChI=1S/C25H24O3S/c1-6-19-14-16(3)13-17(4)22(19)23-24(26)18(5)21(28-25(23)27)11-12-29-20-9-7-15(2)8-10-20/h1,7-10,13-14,26H,11-12H2,2-5H3. The molecule has 2 aromatic carbocycles. The third kappa shape index (κ3) is 4.41. The van der Waals surface area contributed by atoms with Crippen molar-refractivity contribution in [1.82, 2.24) is 0 Å². The molecule has 0 bridgehead atoms. The Kier molecular flexibility index (Phi) is 6.20. The number of benzene rings is 2. The fourth-order valence-corrected chi connectivity index (χ4v) is 4.28. The van der Waals surface area contributed by atoms with E-state index in [1.807, 2.05) is 26.0 Å². The lowest BCUT2D eigenvalue weighted by Gasteiger charge is -2.14. The Morgan fingerprint density at radius 1 is 1.03 bits per heavy atom. The summed E-state index contributed by atoms with van der Waals surface area (Å²) in [7, 11) is 0. The Labute approximate surface area is 175 Å². The van der Waals surface area contributed by atoms with E-state index in [1.165, 1.54) is 5.56 Å². The topological polar surface area (TPSA) is 50.4 Å². The summed E-state index contributed by atoms with van der Waals surface area (Å²) in [6.45, 7) is 7.65. The van der Waals surface area contributed by atoms with E-state index in [2.05, 4.69) is 37.1 Å². The average Bonchev–Trinajstić information content (AvgIpc) is 2.68. The van der Waals surface area contributed by atoms with Crippen molar-refractivity contribution in [2.45, 2.75) is 39.0 Å². The van der Waals surface area contributed by atoms with Gasteiger partial charge in [-0.2, -0.15) is 0 Å². The van der Waals surface area contributed by atoms with Crippen LogP contribution in [0.4, 0.5) is 0 Å². The molecule has 0 aliphatic rings. The molecule has 1 aromatic heterocycles. The molecule has 1 N–H and O–H groups in total. The first-order valence-electron chi connectivity index (χ1n) is 9.45. The molecule has 148 valence electrons. The largest absolute Gasteiger partial charge is 0.507 e. The van der Waals surface area contributed by atoms with Gasteiger partial charge in [-0.15, -0.1) is 18.2 Å². The van der Waals surface area contributed by atoms with Crippen LogP contribution in [0.5, 0.6) is 5.75 Å². The summed E-state index contributed by atoms with van der Waals surface area (Å²) in [4.78, 5) is 13.9. The van der Waals surface area contributed by atoms with Crippen LogP contribution in [-0.4, -0.2) is 10.9 Å². The van der Waals surface area contributed by atoms with E-state index >= 15 is 0 Å². The van der Waals surface area contributed by atoms with Crippen LogP contribution in [0.15, 0.2) is 50.5 Å². The Morgan fingerprint density at radius 2 is 1.72 bits per heavy atom. The van der Waals surface area contributed by atoms with Gasteiger partial charge in [0, 0.05) is 33.8 Å². The fraction of sp³-hybridized carbons (Fsp3) is 0.240. The zero-order chi connectivity index (χ0) is 21.1. The van der Waals surface area contributed by atoms with Gasteiger partial charge in [0.2, 0.25) is 0 Å². The molecule has 1 heterocycles. The maximum absolute atomic E-state index is 12.8. The van der Waals surface area contributed by atoms with Crippen LogP contribution in [-0.2, 0) is 6.42 Å². The van der Waals surface area contributed by atoms with Crippen LogP contribution < -0.4 is 5.63 Å². The van der Waals surface area contributed by atoms with E-state index < -0.39 is 5.63 Å². The molecule has 0 saturated carbocycles. The molecule has 0 radical (unpaired) electrons. The van der Waals surface area contributed by atoms with E-state index in [4.69, 9.17) is 10.8 Å². The van der Waals surface area contributed by atoms with Crippen LogP contribution in [0, 0.1) is 40.0 Å². The van der Waals surface area contributed by atoms with Crippen molar-refractivity contribution in [3.8, 4) is 29.2 Å². The van der Waals surface area contributed by atoms with Gasteiger partial charge in [0.1, 0.15) is 17.1 Å². The molecule has 29 heavy (non-hydrogen) atoms. The molecule has 4 heteroatoms. The second kappa shape index (κ2) is 8.63. The first-order valence-corrected chi connectivity index (χ1v) is 10.4. The summed E-state index contributed by atoms with van der Waals surface area (Å²) >= 11 is 1.68. The van der Waals surface area contributed by atoms with Crippen LogP contribution >= 0.6 is 11.8 Å².